The number of nitrogens with zero attached hydrogens (tertiary/aromatic N) is 4. The highest BCUT2D eigenvalue weighted by atomic mass is 35.5. The second-order valence-electron chi connectivity index (χ2n) is 6.97. The van der Waals surface area contributed by atoms with Gasteiger partial charge in [-0.3, -0.25) is 18.7 Å². The molecule has 2 N–H and O–H groups in total. The van der Waals surface area contributed by atoms with Crippen LogP contribution in [0.3, 0.4) is 0 Å². The Morgan fingerprint density at radius 3 is 1.90 bits per heavy atom. The number of aromatic nitrogens is 4. The Morgan fingerprint density at radius 2 is 1.42 bits per heavy atom. The van der Waals surface area contributed by atoms with Crippen molar-refractivity contribution in [2.24, 2.45) is 0 Å². The minimum atomic E-state index is -1.18. The Hall–Kier alpha value is -2.14. The molecule has 0 saturated carbocycles. The van der Waals surface area contributed by atoms with Crippen molar-refractivity contribution in [3.8, 4) is 11.8 Å². The largest absolute Gasteiger partial charge is 0.493 e. The third-order valence-electron chi connectivity index (χ3n) is 5.24. The first-order valence-corrected chi connectivity index (χ1v) is 12.0. The van der Waals surface area contributed by atoms with Crippen LogP contribution in [0.1, 0.15) is 22.6 Å². The van der Waals surface area contributed by atoms with Crippen LogP contribution in [0.5, 0.6) is 11.8 Å². The van der Waals surface area contributed by atoms with E-state index in [9.17, 15) is 19.8 Å². The van der Waals surface area contributed by atoms with Crippen molar-refractivity contribution >= 4 is 46.7 Å². The Kier molecular flexibility index (Phi) is 5.20. The summed E-state index contributed by atoms with van der Waals surface area (Å²) in [6.45, 7) is 0.842. The Bertz CT molecular complexity index is 1280. The Balaban J connectivity index is 1.86. The minimum absolute atomic E-state index is 0.143. The van der Waals surface area contributed by atoms with Gasteiger partial charge in [0.15, 0.2) is 10.3 Å². The first kappa shape index (κ1) is 20.7. The van der Waals surface area contributed by atoms with Gasteiger partial charge in [0, 0.05) is 34.6 Å². The molecule has 0 amide bonds. The fraction of sp³-hybridized carbons (Fsp3) is 0.263. The maximum absolute atomic E-state index is 13.4. The van der Waals surface area contributed by atoms with Gasteiger partial charge < -0.3 is 10.2 Å². The summed E-state index contributed by atoms with van der Waals surface area (Å²) in [4.78, 5) is 35.1. The summed E-state index contributed by atoms with van der Waals surface area (Å²) in [5.74, 6) is -0.927. The number of hydrogen-bond acceptors (Lipinski definition) is 8. The zero-order valence-corrected chi connectivity index (χ0v) is 18.9. The highest BCUT2D eigenvalue weighted by Crippen LogP contribution is 2.41. The SMILES string of the molecule is O=c1c(C(c2ccc(Cl)cc2Cl)c2c(O)nc3n(c2=O)CCS3)c(O)nc2n1CCS2. The lowest BCUT2D eigenvalue weighted by molar-refractivity contribution is 0.414. The predicted octanol–water partition coefficient (Wildman–Crippen LogP) is 2.91. The first-order chi connectivity index (χ1) is 14.9. The summed E-state index contributed by atoms with van der Waals surface area (Å²) in [5, 5.41) is 22.8. The van der Waals surface area contributed by atoms with Crippen LogP contribution in [0.25, 0.3) is 0 Å². The number of thioether (sulfide) groups is 2. The van der Waals surface area contributed by atoms with E-state index in [1.165, 1.54) is 38.7 Å². The molecule has 12 heteroatoms. The third kappa shape index (κ3) is 3.32. The summed E-state index contributed by atoms with van der Waals surface area (Å²) < 4.78 is 2.89. The Labute approximate surface area is 193 Å². The van der Waals surface area contributed by atoms with Gasteiger partial charge in [-0.15, -0.1) is 0 Å². The summed E-state index contributed by atoms with van der Waals surface area (Å²) in [6, 6.07) is 4.60. The van der Waals surface area contributed by atoms with Gasteiger partial charge in [0.2, 0.25) is 11.8 Å². The summed E-state index contributed by atoms with van der Waals surface area (Å²) in [7, 11) is 0. The number of rotatable bonds is 3. The van der Waals surface area contributed by atoms with Crippen LogP contribution in [0.15, 0.2) is 38.1 Å². The van der Waals surface area contributed by atoms with Gasteiger partial charge in [-0.25, -0.2) is 0 Å². The van der Waals surface area contributed by atoms with Gasteiger partial charge in [-0.1, -0.05) is 52.8 Å². The topological polar surface area (TPSA) is 110 Å². The lowest BCUT2D eigenvalue weighted by atomic mass is 9.86. The van der Waals surface area contributed by atoms with Crippen molar-refractivity contribution in [3.05, 3.63) is 65.6 Å². The van der Waals surface area contributed by atoms with Crippen LogP contribution in [-0.2, 0) is 13.1 Å². The molecule has 160 valence electrons. The predicted molar refractivity (Wildman–Crippen MR) is 119 cm³/mol. The van der Waals surface area contributed by atoms with Crippen molar-refractivity contribution in [1.29, 1.82) is 0 Å². The number of hydrogen-bond donors (Lipinski definition) is 2. The maximum atomic E-state index is 13.4. The van der Waals surface area contributed by atoms with Gasteiger partial charge in [0.1, 0.15) is 0 Å². The van der Waals surface area contributed by atoms with Crippen LogP contribution >= 0.6 is 46.7 Å². The van der Waals surface area contributed by atoms with Crippen molar-refractivity contribution in [2.75, 3.05) is 11.5 Å². The molecule has 0 unspecified atom stereocenters. The Morgan fingerprint density at radius 1 is 0.903 bits per heavy atom. The molecule has 2 aliphatic heterocycles. The highest BCUT2D eigenvalue weighted by Gasteiger charge is 2.35. The van der Waals surface area contributed by atoms with E-state index in [4.69, 9.17) is 23.2 Å². The average Bonchev–Trinajstić information content (AvgIpc) is 3.36. The molecule has 0 fully saturated rings. The molecule has 1 aromatic carbocycles. The maximum Gasteiger partial charge on any atom is 0.262 e. The molecular formula is C19H14Cl2N4O4S2. The molecule has 0 spiro atoms. The number of halogens is 2. The normalized spacial score (nSPS) is 14.8. The van der Waals surface area contributed by atoms with E-state index in [2.05, 4.69) is 9.97 Å². The second kappa shape index (κ2) is 7.77. The number of fused-ring (bicyclic) bond motifs is 2. The van der Waals surface area contributed by atoms with E-state index >= 15 is 0 Å². The van der Waals surface area contributed by atoms with Crippen LogP contribution in [0.2, 0.25) is 10.0 Å². The molecule has 0 aliphatic carbocycles. The van der Waals surface area contributed by atoms with Crippen LogP contribution in [-0.4, -0.2) is 40.8 Å². The van der Waals surface area contributed by atoms with Crippen LogP contribution in [0.4, 0.5) is 0 Å². The zero-order valence-electron chi connectivity index (χ0n) is 15.7. The average molecular weight is 497 g/mol. The smallest absolute Gasteiger partial charge is 0.262 e. The van der Waals surface area contributed by atoms with E-state index in [1.54, 1.807) is 12.1 Å². The molecule has 31 heavy (non-hydrogen) atoms. The molecular weight excluding hydrogens is 483 g/mol. The minimum Gasteiger partial charge on any atom is -0.493 e. The van der Waals surface area contributed by atoms with Crippen molar-refractivity contribution in [2.45, 2.75) is 29.3 Å². The van der Waals surface area contributed by atoms with Gasteiger partial charge in [-0.05, 0) is 17.7 Å². The molecule has 0 radical (unpaired) electrons. The van der Waals surface area contributed by atoms with Crippen molar-refractivity contribution in [1.82, 2.24) is 19.1 Å². The molecule has 2 aliphatic rings. The van der Waals surface area contributed by atoms with E-state index < -0.39 is 28.8 Å². The molecule has 2 aromatic heterocycles. The van der Waals surface area contributed by atoms with Crippen LogP contribution < -0.4 is 11.1 Å². The van der Waals surface area contributed by atoms with Crippen molar-refractivity contribution < 1.29 is 10.2 Å². The monoisotopic (exact) mass is 496 g/mol. The van der Waals surface area contributed by atoms with Gasteiger partial charge in [0.05, 0.1) is 17.0 Å². The first-order valence-electron chi connectivity index (χ1n) is 9.24. The summed E-state index contributed by atoms with van der Waals surface area (Å²) in [6.07, 6.45) is 0. The molecule has 3 aromatic rings. The zero-order chi connectivity index (χ0) is 21.9. The number of benzene rings is 1. The van der Waals surface area contributed by atoms with Crippen LogP contribution in [0, 0.1) is 0 Å². The molecule has 0 atom stereocenters. The molecule has 8 nitrogen and oxygen atoms in total. The van der Waals surface area contributed by atoms with E-state index in [1.807, 2.05) is 0 Å². The standard InChI is InChI=1S/C19H14Cl2N4O4S2/c20-8-1-2-9(10(21)7-8)11(12-14(26)22-18-24(16(12)28)3-5-30-18)13-15(27)23-19-25(17(13)29)4-6-31-19/h1-2,7,11,26-27H,3-6H2. The lowest BCUT2D eigenvalue weighted by Crippen LogP contribution is -2.32. The lowest BCUT2D eigenvalue weighted by Gasteiger charge is -2.21. The summed E-state index contributed by atoms with van der Waals surface area (Å²) >= 11 is 15.2. The van der Waals surface area contributed by atoms with E-state index in [0.717, 1.165) is 0 Å². The van der Waals surface area contributed by atoms with E-state index in [-0.39, 0.29) is 16.1 Å². The molecule has 0 bridgehead atoms. The quantitative estimate of drug-likeness (QED) is 0.532. The third-order valence-corrected chi connectivity index (χ3v) is 7.72. The van der Waals surface area contributed by atoms with E-state index in [0.29, 0.717) is 45.5 Å². The second-order valence-corrected chi connectivity index (χ2v) is 9.94. The highest BCUT2D eigenvalue weighted by molar-refractivity contribution is 7.99. The fourth-order valence-corrected chi connectivity index (χ4v) is 6.24. The summed E-state index contributed by atoms with van der Waals surface area (Å²) in [5.41, 5.74) is -0.956. The molecule has 0 saturated heterocycles. The molecule has 5 rings (SSSR count). The van der Waals surface area contributed by atoms with Gasteiger partial charge in [0.25, 0.3) is 11.1 Å². The molecule has 4 heterocycles. The van der Waals surface area contributed by atoms with Gasteiger partial charge >= 0.3 is 0 Å². The van der Waals surface area contributed by atoms with Crippen molar-refractivity contribution in [3.63, 3.8) is 0 Å². The van der Waals surface area contributed by atoms with Gasteiger partial charge in [-0.2, -0.15) is 9.97 Å². The fourth-order valence-electron chi connectivity index (χ4n) is 3.85. The number of aromatic hydroxyl groups is 2.